The lowest BCUT2D eigenvalue weighted by Gasteiger charge is -2.09. The van der Waals surface area contributed by atoms with E-state index in [2.05, 4.69) is 13.8 Å². The first-order chi connectivity index (χ1) is 8.06. The molecule has 88 valence electrons. The molecule has 0 heterocycles. The predicted molar refractivity (Wildman–Crippen MR) is 75.3 cm³/mol. The van der Waals surface area contributed by atoms with E-state index in [9.17, 15) is 0 Å². The highest BCUT2D eigenvalue weighted by Crippen LogP contribution is 2.34. The van der Waals surface area contributed by atoms with Gasteiger partial charge in [0.1, 0.15) is 0 Å². The molecule has 0 aliphatic carbocycles. The van der Waals surface area contributed by atoms with Crippen LogP contribution in [-0.2, 0) is 0 Å². The van der Waals surface area contributed by atoms with E-state index in [4.69, 9.17) is 11.5 Å². The number of hydrogen-bond acceptors (Lipinski definition) is 3. The second kappa shape index (κ2) is 4.72. The molecule has 0 aromatic heterocycles. The fourth-order valence-corrected chi connectivity index (χ4v) is 2.66. The first kappa shape index (κ1) is 11.9. The van der Waals surface area contributed by atoms with Crippen LogP contribution in [0.15, 0.2) is 46.2 Å². The third kappa shape index (κ3) is 2.74. The Kier molecular flexibility index (Phi) is 3.29. The Morgan fingerprint density at radius 2 is 1.18 bits per heavy atom. The van der Waals surface area contributed by atoms with Gasteiger partial charge in [-0.15, -0.1) is 0 Å². The van der Waals surface area contributed by atoms with Crippen molar-refractivity contribution in [3.05, 3.63) is 47.5 Å². The minimum atomic E-state index is 0.791. The molecule has 0 spiro atoms. The van der Waals surface area contributed by atoms with Crippen LogP contribution in [0.4, 0.5) is 11.4 Å². The summed E-state index contributed by atoms with van der Waals surface area (Å²) in [4.78, 5) is 2.36. The Morgan fingerprint density at radius 1 is 0.765 bits per heavy atom. The molecule has 0 fully saturated rings. The van der Waals surface area contributed by atoms with Gasteiger partial charge in [0, 0.05) is 21.2 Å². The van der Waals surface area contributed by atoms with Crippen LogP contribution < -0.4 is 11.5 Å². The monoisotopic (exact) mass is 244 g/mol. The van der Waals surface area contributed by atoms with Crippen LogP contribution in [0.1, 0.15) is 11.1 Å². The average molecular weight is 244 g/mol. The van der Waals surface area contributed by atoms with Gasteiger partial charge < -0.3 is 11.5 Å². The number of benzene rings is 2. The van der Waals surface area contributed by atoms with E-state index in [0.29, 0.717) is 0 Å². The zero-order valence-electron chi connectivity index (χ0n) is 10.0. The maximum Gasteiger partial charge on any atom is 0.0325 e. The molecular formula is C14H16N2S. The van der Waals surface area contributed by atoms with Crippen LogP contribution in [0.25, 0.3) is 0 Å². The Bertz CT molecular complexity index is 500. The van der Waals surface area contributed by atoms with E-state index in [1.54, 1.807) is 11.8 Å². The van der Waals surface area contributed by atoms with Crippen molar-refractivity contribution in [2.24, 2.45) is 0 Å². The highest BCUT2D eigenvalue weighted by molar-refractivity contribution is 7.99. The van der Waals surface area contributed by atoms with Crippen LogP contribution in [0.5, 0.6) is 0 Å². The van der Waals surface area contributed by atoms with Gasteiger partial charge in [-0.3, -0.25) is 0 Å². The molecule has 17 heavy (non-hydrogen) atoms. The number of nitrogen functional groups attached to an aromatic ring is 2. The van der Waals surface area contributed by atoms with Gasteiger partial charge in [0.15, 0.2) is 0 Å². The van der Waals surface area contributed by atoms with Crippen LogP contribution in [0, 0.1) is 13.8 Å². The molecular weight excluding hydrogens is 228 g/mol. The summed E-state index contributed by atoms with van der Waals surface area (Å²) >= 11 is 1.71. The minimum Gasteiger partial charge on any atom is -0.399 e. The highest BCUT2D eigenvalue weighted by atomic mass is 32.2. The molecule has 0 radical (unpaired) electrons. The first-order valence-corrected chi connectivity index (χ1v) is 6.28. The summed E-state index contributed by atoms with van der Waals surface area (Å²) in [7, 11) is 0. The van der Waals surface area contributed by atoms with Gasteiger partial charge in [-0.1, -0.05) is 23.9 Å². The predicted octanol–water partition coefficient (Wildman–Crippen LogP) is 3.62. The summed E-state index contributed by atoms with van der Waals surface area (Å²) in [5.74, 6) is 0. The standard InChI is InChI=1S/C14H16N2S/c1-9-3-5-11(15)7-13(9)17-14-8-12(16)6-4-10(14)2/h3-8H,15-16H2,1-2H3. The lowest BCUT2D eigenvalue weighted by molar-refractivity contribution is 1.26. The number of hydrogen-bond donors (Lipinski definition) is 2. The fourth-order valence-electron chi connectivity index (χ4n) is 1.57. The van der Waals surface area contributed by atoms with Crippen molar-refractivity contribution in [1.82, 2.24) is 0 Å². The van der Waals surface area contributed by atoms with Gasteiger partial charge in [0.05, 0.1) is 0 Å². The van der Waals surface area contributed by atoms with Gasteiger partial charge in [-0.2, -0.15) is 0 Å². The summed E-state index contributed by atoms with van der Waals surface area (Å²) in [6, 6.07) is 11.9. The van der Waals surface area contributed by atoms with Crippen LogP contribution >= 0.6 is 11.8 Å². The number of nitrogens with two attached hydrogens (primary N) is 2. The fraction of sp³-hybridized carbons (Fsp3) is 0.143. The molecule has 0 saturated heterocycles. The normalized spacial score (nSPS) is 10.5. The molecule has 0 aliphatic heterocycles. The topological polar surface area (TPSA) is 52.0 Å². The Hall–Kier alpha value is -1.61. The van der Waals surface area contributed by atoms with Crippen LogP contribution in [-0.4, -0.2) is 0 Å². The molecule has 4 N–H and O–H groups in total. The molecule has 3 heteroatoms. The zero-order valence-corrected chi connectivity index (χ0v) is 10.8. The second-order valence-electron chi connectivity index (χ2n) is 4.15. The summed E-state index contributed by atoms with van der Waals surface area (Å²) in [5.41, 5.74) is 15.7. The molecule has 2 aromatic carbocycles. The van der Waals surface area contributed by atoms with Gasteiger partial charge in [-0.05, 0) is 49.2 Å². The van der Waals surface area contributed by atoms with E-state index < -0.39 is 0 Å². The third-order valence-electron chi connectivity index (χ3n) is 2.64. The molecule has 0 saturated carbocycles. The lowest BCUT2D eigenvalue weighted by atomic mass is 10.2. The van der Waals surface area contributed by atoms with Crippen LogP contribution in [0.3, 0.4) is 0 Å². The largest absolute Gasteiger partial charge is 0.399 e. The van der Waals surface area contributed by atoms with E-state index in [-0.39, 0.29) is 0 Å². The number of aryl methyl sites for hydroxylation is 2. The molecule has 0 bridgehead atoms. The maximum absolute atomic E-state index is 5.81. The second-order valence-corrected chi connectivity index (χ2v) is 5.24. The van der Waals surface area contributed by atoms with Crippen molar-refractivity contribution in [2.75, 3.05) is 11.5 Å². The SMILES string of the molecule is Cc1ccc(N)cc1Sc1cc(N)ccc1C. The first-order valence-electron chi connectivity index (χ1n) is 5.46. The number of rotatable bonds is 2. The third-order valence-corrected chi connectivity index (χ3v) is 3.96. The highest BCUT2D eigenvalue weighted by Gasteiger charge is 2.05. The average Bonchev–Trinajstić information content (AvgIpc) is 2.28. The Balaban J connectivity index is 2.37. The van der Waals surface area contributed by atoms with E-state index >= 15 is 0 Å². The molecule has 2 nitrogen and oxygen atoms in total. The summed E-state index contributed by atoms with van der Waals surface area (Å²) < 4.78 is 0. The summed E-state index contributed by atoms with van der Waals surface area (Å²) in [6.07, 6.45) is 0. The molecule has 2 rings (SSSR count). The smallest absolute Gasteiger partial charge is 0.0325 e. The maximum atomic E-state index is 5.81. The minimum absolute atomic E-state index is 0.791. The van der Waals surface area contributed by atoms with E-state index in [0.717, 1.165) is 11.4 Å². The van der Waals surface area contributed by atoms with E-state index in [1.807, 2.05) is 36.4 Å². The number of anilines is 2. The van der Waals surface area contributed by atoms with Crippen molar-refractivity contribution in [3.8, 4) is 0 Å². The lowest BCUT2D eigenvalue weighted by Crippen LogP contribution is -1.90. The van der Waals surface area contributed by atoms with E-state index in [1.165, 1.54) is 20.9 Å². The van der Waals surface area contributed by atoms with Crippen molar-refractivity contribution in [3.63, 3.8) is 0 Å². The van der Waals surface area contributed by atoms with Gasteiger partial charge in [-0.25, -0.2) is 0 Å². The van der Waals surface area contributed by atoms with Crippen LogP contribution in [0.2, 0.25) is 0 Å². The van der Waals surface area contributed by atoms with Crippen molar-refractivity contribution >= 4 is 23.1 Å². The Labute approximate surface area is 106 Å². The Morgan fingerprint density at radius 3 is 1.59 bits per heavy atom. The van der Waals surface area contributed by atoms with Crippen molar-refractivity contribution in [1.29, 1.82) is 0 Å². The molecule has 0 aliphatic rings. The van der Waals surface area contributed by atoms with Crippen molar-refractivity contribution in [2.45, 2.75) is 23.6 Å². The molecule has 0 atom stereocenters. The van der Waals surface area contributed by atoms with Gasteiger partial charge >= 0.3 is 0 Å². The molecule has 0 unspecified atom stereocenters. The summed E-state index contributed by atoms with van der Waals surface area (Å²) in [5, 5.41) is 0. The summed E-state index contributed by atoms with van der Waals surface area (Å²) in [6.45, 7) is 4.17. The van der Waals surface area contributed by atoms with Gasteiger partial charge in [0.2, 0.25) is 0 Å². The molecule has 2 aromatic rings. The quantitative estimate of drug-likeness (QED) is 0.793. The van der Waals surface area contributed by atoms with Crippen molar-refractivity contribution < 1.29 is 0 Å². The van der Waals surface area contributed by atoms with Gasteiger partial charge in [0.25, 0.3) is 0 Å². The zero-order chi connectivity index (χ0) is 12.4. The molecule has 0 amide bonds.